The fraction of sp³-hybridized carbons (Fsp3) is 0.154. The SMILES string of the molecule is N#Cc1cnc(NC(=O)C2COc3ccccc3O2)s1. The van der Waals surface area contributed by atoms with Gasteiger partial charge in [-0.1, -0.05) is 23.5 Å². The van der Waals surface area contributed by atoms with Crippen LogP contribution in [0.25, 0.3) is 0 Å². The summed E-state index contributed by atoms with van der Waals surface area (Å²) in [6.07, 6.45) is 0.674. The lowest BCUT2D eigenvalue weighted by Gasteiger charge is -2.25. The maximum Gasteiger partial charge on any atom is 0.270 e. The van der Waals surface area contributed by atoms with Gasteiger partial charge >= 0.3 is 0 Å². The average Bonchev–Trinajstić information content (AvgIpc) is 2.94. The van der Waals surface area contributed by atoms with E-state index >= 15 is 0 Å². The molecule has 100 valence electrons. The van der Waals surface area contributed by atoms with Gasteiger partial charge < -0.3 is 9.47 Å². The predicted molar refractivity (Wildman–Crippen MR) is 71.8 cm³/mol. The Kier molecular flexibility index (Phi) is 3.23. The van der Waals surface area contributed by atoms with Crippen LogP contribution in [0.15, 0.2) is 30.5 Å². The number of amides is 1. The molecule has 1 unspecified atom stereocenters. The third-order valence-electron chi connectivity index (χ3n) is 2.65. The zero-order valence-electron chi connectivity index (χ0n) is 10.2. The number of hydrogen-bond acceptors (Lipinski definition) is 6. The fourth-order valence-corrected chi connectivity index (χ4v) is 2.33. The molecule has 20 heavy (non-hydrogen) atoms. The van der Waals surface area contributed by atoms with Crippen molar-refractivity contribution < 1.29 is 14.3 Å². The Balaban J connectivity index is 1.69. The maximum absolute atomic E-state index is 12.0. The molecule has 7 heteroatoms. The number of carbonyl (C=O) groups is 1. The maximum atomic E-state index is 12.0. The summed E-state index contributed by atoms with van der Waals surface area (Å²) in [6.45, 7) is 0.138. The number of nitrogens with one attached hydrogen (secondary N) is 1. The summed E-state index contributed by atoms with van der Waals surface area (Å²) in [7, 11) is 0. The first-order chi connectivity index (χ1) is 9.76. The molecule has 0 saturated carbocycles. The lowest BCUT2D eigenvalue weighted by molar-refractivity contribution is -0.125. The predicted octanol–water partition coefficient (Wildman–Crippen LogP) is 1.79. The highest BCUT2D eigenvalue weighted by Crippen LogP contribution is 2.31. The number of thiazole rings is 1. The summed E-state index contributed by atoms with van der Waals surface area (Å²) in [5, 5.41) is 11.7. The number of hydrogen-bond donors (Lipinski definition) is 1. The minimum Gasteiger partial charge on any atom is -0.485 e. The van der Waals surface area contributed by atoms with Crippen LogP contribution in [0.4, 0.5) is 5.13 Å². The number of nitrogens with zero attached hydrogens (tertiary/aromatic N) is 2. The normalized spacial score (nSPS) is 16.2. The minimum atomic E-state index is -0.737. The highest BCUT2D eigenvalue weighted by atomic mass is 32.1. The molecule has 0 bridgehead atoms. The smallest absolute Gasteiger partial charge is 0.270 e. The summed E-state index contributed by atoms with van der Waals surface area (Å²) in [4.78, 5) is 16.4. The molecule has 1 N–H and O–H groups in total. The van der Waals surface area contributed by atoms with E-state index in [-0.39, 0.29) is 12.5 Å². The monoisotopic (exact) mass is 287 g/mol. The van der Waals surface area contributed by atoms with Crippen molar-refractivity contribution in [3.63, 3.8) is 0 Å². The van der Waals surface area contributed by atoms with Crippen LogP contribution in [0.1, 0.15) is 4.88 Å². The molecular weight excluding hydrogens is 278 g/mol. The van der Waals surface area contributed by atoms with Gasteiger partial charge in [-0.05, 0) is 12.1 Å². The van der Waals surface area contributed by atoms with Gasteiger partial charge in [0.25, 0.3) is 5.91 Å². The van der Waals surface area contributed by atoms with E-state index in [1.807, 2.05) is 18.2 Å². The molecule has 1 aromatic heterocycles. The molecule has 1 aromatic carbocycles. The zero-order chi connectivity index (χ0) is 13.9. The lowest BCUT2D eigenvalue weighted by Crippen LogP contribution is -2.40. The van der Waals surface area contributed by atoms with Crippen molar-refractivity contribution in [3.8, 4) is 17.6 Å². The molecule has 1 amide bonds. The highest BCUT2D eigenvalue weighted by Gasteiger charge is 2.27. The molecule has 0 fully saturated rings. The van der Waals surface area contributed by atoms with Crippen LogP contribution in [0.2, 0.25) is 0 Å². The van der Waals surface area contributed by atoms with Crippen LogP contribution in [-0.2, 0) is 4.79 Å². The molecule has 6 nitrogen and oxygen atoms in total. The van der Waals surface area contributed by atoms with Gasteiger partial charge in [-0.25, -0.2) is 4.98 Å². The quantitative estimate of drug-likeness (QED) is 0.910. The Morgan fingerprint density at radius 2 is 2.25 bits per heavy atom. The summed E-state index contributed by atoms with van der Waals surface area (Å²) in [5.41, 5.74) is 0. The van der Waals surface area contributed by atoms with Crippen molar-refractivity contribution in [2.45, 2.75) is 6.10 Å². The van der Waals surface area contributed by atoms with Gasteiger partial charge in [0, 0.05) is 0 Å². The third kappa shape index (κ3) is 2.41. The van der Waals surface area contributed by atoms with E-state index in [2.05, 4.69) is 10.3 Å². The zero-order valence-corrected chi connectivity index (χ0v) is 11.0. The molecule has 1 aliphatic heterocycles. The fourth-order valence-electron chi connectivity index (χ4n) is 1.72. The number of anilines is 1. The van der Waals surface area contributed by atoms with Crippen LogP contribution in [-0.4, -0.2) is 23.6 Å². The van der Waals surface area contributed by atoms with E-state index in [0.717, 1.165) is 11.3 Å². The Bertz CT molecular complexity index is 692. The molecule has 0 radical (unpaired) electrons. The Morgan fingerprint density at radius 1 is 1.45 bits per heavy atom. The second kappa shape index (κ2) is 5.19. The van der Waals surface area contributed by atoms with Crippen molar-refractivity contribution in [2.75, 3.05) is 11.9 Å². The second-order valence-corrected chi connectivity index (χ2v) is 5.03. The number of para-hydroxylation sites is 2. The molecule has 1 atom stereocenters. The van der Waals surface area contributed by atoms with Crippen LogP contribution in [0, 0.1) is 11.3 Å². The van der Waals surface area contributed by atoms with Gasteiger partial charge in [-0.3, -0.25) is 10.1 Å². The number of ether oxygens (including phenoxy) is 2. The third-order valence-corrected chi connectivity index (χ3v) is 3.46. The second-order valence-electron chi connectivity index (χ2n) is 3.99. The van der Waals surface area contributed by atoms with Crippen LogP contribution < -0.4 is 14.8 Å². The minimum absolute atomic E-state index is 0.138. The van der Waals surface area contributed by atoms with Gasteiger partial charge in [-0.15, -0.1) is 0 Å². The van der Waals surface area contributed by atoms with Crippen LogP contribution in [0.5, 0.6) is 11.5 Å². The number of nitriles is 1. The molecule has 1 aliphatic rings. The molecule has 2 heterocycles. The molecule has 0 saturated heterocycles. The van der Waals surface area contributed by atoms with Gasteiger partial charge in [0.15, 0.2) is 16.6 Å². The van der Waals surface area contributed by atoms with Crippen molar-refractivity contribution in [1.82, 2.24) is 4.98 Å². The first kappa shape index (κ1) is 12.4. The Morgan fingerprint density at radius 3 is 3.00 bits per heavy atom. The lowest BCUT2D eigenvalue weighted by atomic mass is 10.2. The Hall–Kier alpha value is -2.59. The number of carbonyl (C=O) groups excluding carboxylic acids is 1. The number of aromatic nitrogens is 1. The number of rotatable bonds is 2. The van der Waals surface area contributed by atoms with Crippen LogP contribution in [0.3, 0.4) is 0 Å². The summed E-state index contributed by atoms with van der Waals surface area (Å²) in [5.74, 6) is 0.812. The first-order valence-corrected chi connectivity index (χ1v) is 6.63. The summed E-state index contributed by atoms with van der Waals surface area (Å²) in [6, 6.07) is 9.13. The molecule has 0 spiro atoms. The van der Waals surface area contributed by atoms with E-state index in [0.29, 0.717) is 21.5 Å². The van der Waals surface area contributed by atoms with Gasteiger partial charge in [-0.2, -0.15) is 5.26 Å². The van der Waals surface area contributed by atoms with E-state index < -0.39 is 6.10 Å². The van der Waals surface area contributed by atoms with E-state index in [9.17, 15) is 4.79 Å². The average molecular weight is 287 g/mol. The topological polar surface area (TPSA) is 84.2 Å². The van der Waals surface area contributed by atoms with Crippen molar-refractivity contribution in [3.05, 3.63) is 35.3 Å². The van der Waals surface area contributed by atoms with Crippen molar-refractivity contribution in [2.24, 2.45) is 0 Å². The molecule has 3 rings (SSSR count). The van der Waals surface area contributed by atoms with Gasteiger partial charge in [0.1, 0.15) is 17.6 Å². The Labute approximate surface area is 118 Å². The van der Waals surface area contributed by atoms with Crippen LogP contribution >= 0.6 is 11.3 Å². The highest BCUT2D eigenvalue weighted by molar-refractivity contribution is 7.16. The molecule has 2 aromatic rings. The molecule has 0 aliphatic carbocycles. The number of fused-ring (bicyclic) bond motifs is 1. The number of benzene rings is 1. The first-order valence-electron chi connectivity index (χ1n) is 5.81. The standard InChI is InChI=1S/C13H9N3O3S/c14-5-8-6-15-13(20-8)16-12(17)11-7-18-9-3-1-2-4-10(9)19-11/h1-4,6,11H,7H2,(H,15,16,17). The molecular formula is C13H9N3O3S. The van der Waals surface area contributed by atoms with Crippen molar-refractivity contribution in [1.29, 1.82) is 5.26 Å². The summed E-state index contributed by atoms with van der Waals surface area (Å²) < 4.78 is 11.0. The van der Waals surface area contributed by atoms with Gasteiger partial charge in [0.2, 0.25) is 6.10 Å². The van der Waals surface area contributed by atoms with E-state index in [4.69, 9.17) is 14.7 Å². The van der Waals surface area contributed by atoms with Crippen molar-refractivity contribution >= 4 is 22.4 Å². The van der Waals surface area contributed by atoms with E-state index in [1.54, 1.807) is 12.1 Å². The van der Waals surface area contributed by atoms with E-state index in [1.165, 1.54) is 6.20 Å². The van der Waals surface area contributed by atoms with Gasteiger partial charge in [0.05, 0.1) is 6.20 Å². The largest absolute Gasteiger partial charge is 0.485 e. The summed E-state index contributed by atoms with van der Waals surface area (Å²) >= 11 is 1.11.